The second-order valence-electron chi connectivity index (χ2n) is 8.60. The second-order valence-corrected chi connectivity index (χ2v) is 8.60. The van der Waals surface area contributed by atoms with Crippen molar-refractivity contribution in [3.05, 3.63) is 89.0 Å². The molecule has 1 aliphatic rings. The van der Waals surface area contributed by atoms with E-state index in [-0.39, 0.29) is 17.9 Å². The van der Waals surface area contributed by atoms with E-state index in [1.54, 1.807) is 7.11 Å². The molecule has 4 rings (SSSR count). The number of carbonyl (C=O) groups is 2. The summed E-state index contributed by atoms with van der Waals surface area (Å²) >= 11 is 0. The van der Waals surface area contributed by atoms with Crippen LogP contribution in [0.4, 0.5) is 0 Å². The molecule has 1 saturated carbocycles. The van der Waals surface area contributed by atoms with Crippen LogP contribution in [-0.2, 0) is 6.54 Å². The molecular formula is C28H30N2O3. The first-order valence-corrected chi connectivity index (χ1v) is 11.5. The van der Waals surface area contributed by atoms with Gasteiger partial charge < -0.3 is 15.4 Å². The zero-order valence-electron chi connectivity index (χ0n) is 19.2. The summed E-state index contributed by atoms with van der Waals surface area (Å²) < 4.78 is 5.23. The van der Waals surface area contributed by atoms with Crippen LogP contribution in [0.3, 0.4) is 0 Å². The molecule has 0 radical (unpaired) electrons. The van der Waals surface area contributed by atoms with Crippen molar-refractivity contribution in [2.24, 2.45) is 0 Å². The van der Waals surface area contributed by atoms with Crippen molar-refractivity contribution in [1.29, 1.82) is 0 Å². The van der Waals surface area contributed by atoms with Crippen molar-refractivity contribution in [2.75, 3.05) is 7.11 Å². The molecule has 2 amide bonds. The minimum atomic E-state index is -0.134. The first-order valence-electron chi connectivity index (χ1n) is 11.5. The summed E-state index contributed by atoms with van der Waals surface area (Å²) in [5.74, 6) is 0.614. The molecule has 0 bridgehead atoms. The second kappa shape index (κ2) is 10.3. The van der Waals surface area contributed by atoms with Gasteiger partial charge in [0.05, 0.1) is 7.11 Å². The van der Waals surface area contributed by atoms with Crippen molar-refractivity contribution in [3.63, 3.8) is 0 Å². The Hall–Kier alpha value is -3.60. The lowest BCUT2D eigenvalue weighted by Gasteiger charge is -2.14. The van der Waals surface area contributed by atoms with Gasteiger partial charge in [-0.3, -0.25) is 9.59 Å². The van der Waals surface area contributed by atoms with E-state index in [0.29, 0.717) is 17.7 Å². The van der Waals surface area contributed by atoms with E-state index in [2.05, 4.69) is 10.6 Å². The van der Waals surface area contributed by atoms with Crippen LogP contribution in [0.5, 0.6) is 5.75 Å². The highest BCUT2D eigenvalue weighted by atomic mass is 16.5. The van der Waals surface area contributed by atoms with Gasteiger partial charge in [0.15, 0.2) is 0 Å². The Balaban J connectivity index is 1.43. The number of aryl methyl sites for hydroxylation is 1. The summed E-state index contributed by atoms with van der Waals surface area (Å²) in [6, 6.07) is 21.2. The molecule has 2 N–H and O–H groups in total. The Morgan fingerprint density at radius 1 is 0.909 bits per heavy atom. The van der Waals surface area contributed by atoms with E-state index in [9.17, 15) is 9.59 Å². The van der Waals surface area contributed by atoms with Gasteiger partial charge in [-0.25, -0.2) is 0 Å². The van der Waals surface area contributed by atoms with Crippen LogP contribution in [0.2, 0.25) is 0 Å². The Labute approximate surface area is 195 Å². The summed E-state index contributed by atoms with van der Waals surface area (Å²) in [5, 5.41) is 6.10. The van der Waals surface area contributed by atoms with E-state index < -0.39 is 0 Å². The molecule has 5 heteroatoms. The maximum atomic E-state index is 12.7. The lowest BCUT2D eigenvalue weighted by Crippen LogP contribution is -2.32. The highest BCUT2D eigenvalue weighted by Gasteiger charge is 2.18. The third-order valence-electron chi connectivity index (χ3n) is 6.24. The Morgan fingerprint density at radius 2 is 1.64 bits per heavy atom. The molecule has 0 heterocycles. The van der Waals surface area contributed by atoms with E-state index in [0.717, 1.165) is 40.8 Å². The number of hydrogen-bond donors (Lipinski definition) is 2. The molecular weight excluding hydrogens is 412 g/mol. The zero-order chi connectivity index (χ0) is 23.2. The molecule has 0 aromatic heterocycles. The summed E-state index contributed by atoms with van der Waals surface area (Å²) in [4.78, 5) is 25.3. The quantitative estimate of drug-likeness (QED) is 0.524. The fourth-order valence-corrected chi connectivity index (χ4v) is 4.28. The molecule has 3 aromatic rings. The van der Waals surface area contributed by atoms with E-state index in [1.165, 1.54) is 12.8 Å². The fourth-order valence-electron chi connectivity index (χ4n) is 4.28. The van der Waals surface area contributed by atoms with Gasteiger partial charge in [0.25, 0.3) is 11.8 Å². The van der Waals surface area contributed by atoms with Gasteiger partial charge in [-0.2, -0.15) is 0 Å². The molecule has 0 atom stereocenters. The van der Waals surface area contributed by atoms with Gasteiger partial charge in [0, 0.05) is 23.7 Å². The normalized spacial score (nSPS) is 13.5. The third kappa shape index (κ3) is 5.61. The minimum absolute atomic E-state index is 0.0170. The van der Waals surface area contributed by atoms with E-state index in [1.807, 2.05) is 73.7 Å². The molecule has 170 valence electrons. The van der Waals surface area contributed by atoms with Crippen molar-refractivity contribution in [3.8, 4) is 16.9 Å². The van der Waals surface area contributed by atoms with Crippen LogP contribution in [0.1, 0.15) is 57.5 Å². The molecule has 0 aliphatic heterocycles. The molecule has 1 fully saturated rings. The predicted octanol–water partition coefficient (Wildman–Crippen LogP) is 5.27. The van der Waals surface area contributed by atoms with Gasteiger partial charge in [-0.1, -0.05) is 43.2 Å². The monoisotopic (exact) mass is 442 g/mol. The molecule has 33 heavy (non-hydrogen) atoms. The van der Waals surface area contributed by atoms with E-state index >= 15 is 0 Å². The standard InChI is InChI=1S/C28H30N2O3/c1-19-10-11-23(28(32)30-24-7-3-4-8-24)17-26(19)21-12-14-22(15-13-21)27(31)29-18-20-6-5-9-25(16-20)33-2/h5-6,9-17,24H,3-4,7-8,18H2,1-2H3,(H,29,31)(H,30,32). The number of benzene rings is 3. The topological polar surface area (TPSA) is 67.4 Å². The lowest BCUT2D eigenvalue weighted by molar-refractivity contribution is 0.0934. The highest BCUT2D eigenvalue weighted by Crippen LogP contribution is 2.26. The van der Waals surface area contributed by atoms with E-state index in [4.69, 9.17) is 4.74 Å². The fraction of sp³-hybridized carbons (Fsp3) is 0.286. The predicted molar refractivity (Wildman–Crippen MR) is 131 cm³/mol. The largest absolute Gasteiger partial charge is 0.497 e. The number of ether oxygens (including phenoxy) is 1. The zero-order valence-corrected chi connectivity index (χ0v) is 19.2. The van der Waals surface area contributed by atoms with Crippen LogP contribution < -0.4 is 15.4 Å². The molecule has 0 unspecified atom stereocenters. The van der Waals surface area contributed by atoms with Crippen molar-refractivity contribution >= 4 is 11.8 Å². The van der Waals surface area contributed by atoms with Crippen LogP contribution in [0, 0.1) is 6.92 Å². The van der Waals surface area contributed by atoms with Crippen LogP contribution in [0.15, 0.2) is 66.7 Å². The van der Waals surface area contributed by atoms with Gasteiger partial charge in [0.1, 0.15) is 5.75 Å². The number of amides is 2. The number of carbonyl (C=O) groups excluding carboxylic acids is 2. The summed E-state index contributed by atoms with van der Waals surface area (Å²) in [6.07, 6.45) is 4.49. The number of nitrogens with one attached hydrogen (secondary N) is 2. The Kier molecular flexibility index (Phi) is 7.08. The third-order valence-corrected chi connectivity index (χ3v) is 6.24. The summed E-state index contributed by atoms with van der Waals surface area (Å²) in [6.45, 7) is 2.46. The van der Waals surface area contributed by atoms with Gasteiger partial charge >= 0.3 is 0 Å². The smallest absolute Gasteiger partial charge is 0.251 e. The van der Waals surface area contributed by atoms with Crippen molar-refractivity contribution in [2.45, 2.75) is 45.2 Å². The Bertz CT molecular complexity index is 1130. The van der Waals surface area contributed by atoms with Gasteiger partial charge in [0.2, 0.25) is 0 Å². The number of rotatable bonds is 7. The van der Waals surface area contributed by atoms with Crippen molar-refractivity contribution in [1.82, 2.24) is 10.6 Å². The van der Waals surface area contributed by atoms with Crippen LogP contribution in [-0.4, -0.2) is 25.0 Å². The molecule has 0 saturated heterocycles. The molecule has 1 aliphatic carbocycles. The lowest BCUT2D eigenvalue weighted by atomic mass is 9.96. The maximum absolute atomic E-state index is 12.7. The average molecular weight is 443 g/mol. The van der Waals surface area contributed by atoms with Crippen LogP contribution >= 0.6 is 0 Å². The molecule has 5 nitrogen and oxygen atoms in total. The highest BCUT2D eigenvalue weighted by molar-refractivity contribution is 5.97. The first-order chi connectivity index (χ1) is 16.0. The average Bonchev–Trinajstić information content (AvgIpc) is 3.36. The Morgan fingerprint density at radius 3 is 2.36 bits per heavy atom. The van der Waals surface area contributed by atoms with Gasteiger partial charge in [-0.05, 0) is 78.4 Å². The number of hydrogen-bond acceptors (Lipinski definition) is 3. The minimum Gasteiger partial charge on any atom is -0.497 e. The van der Waals surface area contributed by atoms with Crippen molar-refractivity contribution < 1.29 is 14.3 Å². The molecule has 3 aromatic carbocycles. The molecule has 0 spiro atoms. The SMILES string of the molecule is COc1cccc(CNC(=O)c2ccc(-c3cc(C(=O)NC4CCCC4)ccc3C)cc2)c1. The summed E-state index contributed by atoms with van der Waals surface area (Å²) in [5.41, 5.74) is 5.30. The first kappa shape index (κ1) is 22.6. The number of methoxy groups -OCH3 is 1. The summed E-state index contributed by atoms with van der Waals surface area (Å²) in [7, 11) is 1.62. The van der Waals surface area contributed by atoms with Crippen LogP contribution in [0.25, 0.3) is 11.1 Å². The van der Waals surface area contributed by atoms with Gasteiger partial charge in [-0.15, -0.1) is 0 Å². The maximum Gasteiger partial charge on any atom is 0.251 e.